The maximum absolute atomic E-state index is 12.1. The summed E-state index contributed by atoms with van der Waals surface area (Å²) in [6.07, 6.45) is 2.16. The summed E-state index contributed by atoms with van der Waals surface area (Å²) in [5.41, 5.74) is 5.65. The summed E-state index contributed by atoms with van der Waals surface area (Å²) in [5, 5.41) is 10.1. The molecule has 36 heavy (non-hydrogen) atoms. The number of aliphatic hydroxyl groups is 1. The summed E-state index contributed by atoms with van der Waals surface area (Å²) in [7, 11) is 3.85. The van der Waals surface area contributed by atoms with Crippen LogP contribution < -0.4 is 9.47 Å². The van der Waals surface area contributed by atoms with Gasteiger partial charge in [0.15, 0.2) is 0 Å². The molecule has 1 aliphatic rings. The van der Waals surface area contributed by atoms with Gasteiger partial charge in [-0.2, -0.15) is 0 Å². The van der Waals surface area contributed by atoms with Crippen molar-refractivity contribution in [1.82, 2.24) is 4.90 Å². The minimum absolute atomic E-state index is 0.0645. The molecule has 0 aliphatic heterocycles. The third kappa shape index (κ3) is 6.84. The van der Waals surface area contributed by atoms with Gasteiger partial charge in [-0.1, -0.05) is 61.5 Å². The summed E-state index contributed by atoms with van der Waals surface area (Å²) >= 11 is 0. The van der Waals surface area contributed by atoms with E-state index in [1.165, 1.54) is 11.1 Å². The Labute approximate surface area is 214 Å². The van der Waals surface area contributed by atoms with E-state index in [0.29, 0.717) is 12.3 Å². The maximum atomic E-state index is 12.1. The molecule has 4 rings (SSSR count). The van der Waals surface area contributed by atoms with Crippen LogP contribution in [0.5, 0.6) is 11.5 Å². The maximum Gasteiger partial charge on any atom is 0.314 e. The molecular weight excluding hydrogens is 450 g/mol. The largest absolute Gasteiger partial charge is 0.491 e. The summed E-state index contributed by atoms with van der Waals surface area (Å²) in [6, 6.07) is 26.2. The Bertz CT molecular complexity index is 1160. The minimum Gasteiger partial charge on any atom is -0.491 e. The van der Waals surface area contributed by atoms with Gasteiger partial charge in [-0.05, 0) is 85.5 Å². The number of ether oxygens (including phenoxy) is 2. The topological polar surface area (TPSA) is 59.0 Å². The summed E-state index contributed by atoms with van der Waals surface area (Å²) < 4.78 is 11.4. The first kappa shape index (κ1) is 25.7. The first-order chi connectivity index (χ1) is 17.4. The lowest BCUT2D eigenvalue weighted by molar-refractivity contribution is -0.135. The molecular formula is C31H35NO4. The van der Waals surface area contributed by atoms with Gasteiger partial charge in [0.1, 0.15) is 24.2 Å². The highest BCUT2D eigenvalue weighted by Crippen LogP contribution is 2.36. The molecule has 3 aromatic carbocycles. The fourth-order valence-corrected chi connectivity index (χ4v) is 4.27. The zero-order valence-electron chi connectivity index (χ0n) is 21.3. The summed E-state index contributed by atoms with van der Waals surface area (Å²) in [4.78, 5) is 14.0. The van der Waals surface area contributed by atoms with Gasteiger partial charge in [-0.3, -0.25) is 4.79 Å². The standard InChI is InChI=1S/C31H35NO4/c1-4-29(22-8-6-5-7-9-22)30(24-14-18-28(19-15-24)36-31(34)25-10-11-25)23-12-16-27(17-13-23)35-21-26(33)20-32(2)3/h5-9,12-19,25-26,33H,4,10-11,20-21H2,1-3H3/b30-29+. The molecule has 1 saturated carbocycles. The average Bonchev–Trinajstić information content (AvgIpc) is 3.73. The molecule has 0 heterocycles. The van der Waals surface area contributed by atoms with E-state index in [4.69, 9.17) is 9.47 Å². The van der Waals surface area contributed by atoms with E-state index in [9.17, 15) is 9.90 Å². The molecule has 5 heteroatoms. The van der Waals surface area contributed by atoms with Gasteiger partial charge in [-0.25, -0.2) is 0 Å². The van der Waals surface area contributed by atoms with Gasteiger partial charge in [0.05, 0.1) is 5.92 Å². The van der Waals surface area contributed by atoms with Crippen LogP contribution in [0.4, 0.5) is 0 Å². The molecule has 1 fully saturated rings. The molecule has 0 saturated heterocycles. The quantitative estimate of drug-likeness (QED) is 0.215. The normalized spacial score (nSPS) is 14.8. The number of esters is 1. The van der Waals surface area contributed by atoms with Crippen LogP contribution in [0.25, 0.3) is 11.1 Å². The molecule has 0 spiro atoms. The van der Waals surface area contributed by atoms with Crippen molar-refractivity contribution in [2.75, 3.05) is 27.2 Å². The number of aliphatic hydroxyl groups excluding tert-OH is 1. The Morgan fingerprint density at radius 3 is 2.00 bits per heavy atom. The van der Waals surface area contributed by atoms with Crippen molar-refractivity contribution in [3.63, 3.8) is 0 Å². The Balaban J connectivity index is 1.63. The van der Waals surface area contributed by atoms with Crippen LogP contribution in [0, 0.1) is 5.92 Å². The molecule has 3 aromatic rings. The number of nitrogens with zero attached hydrogens (tertiary/aromatic N) is 1. The van der Waals surface area contributed by atoms with E-state index in [1.54, 1.807) is 0 Å². The van der Waals surface area contributed by atoms with E-state index in [2.05, 4.69) is 43.3 Å². The molecule has 1 N–H and O–H groups in total. The Morgan fingerprint density at radius 2 is 1.47 bits per heavy atom. The molecule has 1 atom stereocenters. The van der Waals surface area contributed by atoms with Gasteiger partial charge in [0, 0.05) is 6.54 Å². The van der Waals surface area contributed by atoms with Crippen LogP contribution >= 0.6 is 0 Å². The predicted molar refractivity (Wildman–Crippen MR) is 144 cm³/mol. The molecule has 0 radical (unpaired) electrons. The lowest BCUT2D eigenvalue weighted by Crippen LogP contribution is -2.30. The molecule has 5 nitrogen and oxygen atoms in total. The molecule has 1 aliphatic carbocycles. The van der Waals surface area contributed by atoms with Crippen molar-refractivity contribution in [2.45, 2.75) is 32.3 Å². The number of benzene rings is 3. The SMILES string of the molecule is CC/C(=C(/c1ccc(OCC(O)CN(C)C)cc1)c1ccc(OC(=O)C2CC2)cc1)c1ccccc1. The van der Waals surface area contributed by atoms with Crippen molar-refractivity contribution < 1.29 is 19.4 Å². The van der Waals surface area contributed by atoms with E-state index in [-0.39, 0.29) is 18.5 Å². The predicted octanol–water partition coefficient (Wildman–Crippen LogP) is 5.67. The summed E-state index contributed by atoms with van der Waals surface area (Å²) in [6.45, 7) is 2.96. The number of carbonyl (C=O) groups excluding carboxylic acids is 1. The highest BCUT2D eigenvalue weighted by molar-refractivity contribution is 5.98. The van der Waals surface area contributed by atoms with Crippen molar-refractivity contribution in [3.8, 4) is 11.5 Å². The van der Waals surface area contributed by atoms with Crippen molar-refractivity contribution in [2.24, 2.45) is 5.92 Å². The molecule has 188 valence electrons. The van der Waals surface area contributed by atoms with Gasteiger partial charge in [0.2, 0.25) is 0 Å². The van der Waals surface area contributed by atoms with Crippen LogP contribution in [-0.4, -0.2) is 49.3 Å². The Kier molecular flexibility index (Phi) is 8.57. The fourth-order valence-electron chi connectivity index (χ4n) is 4.27. The van der Waals surface area contributed by atoms with E-state index in [0.717, 1.165) is 41.7 Å². The monoisotopic (exact) mass is 485 g/mol. The molecule has 1 unspecified atom stereocenters. The van der Waals surface area contributed by atoms with Gasteiger partial charge in [-0.15, -0.1) is 0 Å². The zero-order valence-corrected chi connectivity index (χ0v) is 21.3. The van der Waals surface area contributed by atoms with Gasteiger partial charge < -0.3 is 19.5 Å². The smallest absolute Gasteiger partial charge is 0.314 e. The fraction of sp³-hybridized carbons (Fsp3) is 0.323. The highest BCUT2D eigenvalue weighted by Gasteiger charge is 2.31. The number of carbonyl (C=O) groups is 1. The van der Waals surface area contributed by atoms with E-state index < -0.39 is 6.10 Å². The van der Waals surface area contributed by atoms with E-state index >= 15 is 0 Å². The van der Waals surface area contributed by atoms with Crippen LogP contribution in [0.1, 0.15) is 42.9 Å². The van der Waals surface area contributed by atoms with Crippen molar-refractivity contribution in [3.05, 3.63) is 95.6 Å². The number of hydrogen-bond acceptors (Lipinski definition) is 5. The average molecular weight is 486 g/mol. The Morgan fingerprint density at radius 1 is 0.889 bits per heavy atom. The van der Waals surface area contributed by atoms with Crippen molar-refractivity contribution in [1.29, 1.82) is 0 Å². The van der Waals surface area contributed by atoms with Gasteiger partial charge >= 0.3 is 5.97 Å². The molecule has 0 bridgehead atoms. The minimum atomic E-state index is -0.549. The first-order valence-corrected chi connectivity index (χ1v) is 12.6. The number of allylic oxidation sites excluding steroid dienone is 1. The van der Waals surface area contributed by atoms with E-state index in [1.807, 2.05) is 61.5 Å². The van der Waals surface area contributed by atoms with Crippen LogP contribution in [0.2, 0.25) is 0 Å². The summed E-state index contributed by atoms with van der Waals surface area (Å²) in [5.74, 6) is 1.22. The third-order valence-electron chi connectivity index (χ3n) is 6.21. The van der Waals surface area contributed by atoms with Crippen LogP contribution in [0.3, 0.4) is 0 Å². The van der Waals surface area contributed by atoms with Crippen molar-refractivity contribution >= 4 is 17.1 Å². The second kappa shape index (κ2) is 12.0. The van der Waals surface area contributed by atoms with Crippen LogP contribution in [-0.2, 0) is 4.79 Å². The second-order valence-corrected chi connectivity index (χ2v) is 9.54. The Hall–Kier alpha value is -3.41. The third-order valence-corrected chi connectivity index (χ3v) is 6.21. The van der Waals surface area contributed by atoms with Crippen LogP contribution in [0.15, 0.2) is 78.9 Å². The number of hydrogen-bond donors (Lipinski definition) is 1. The zero-order chi connectivity index (χ0) is 25.5. The lowest BCUT2D eigenvalue weighted by Gasteiger charge is -2.18. The second-order valence-electron chi connectivity index (χ2n) is 9.54. The lowest BCUT2D eigenvalue weighted by atomic mass is 9.88. The number of rotatable bonds is 11. The molecule has 0 aromatic heterocycles. The number of likely N-dealkylation sites (N-methyl/N-ethyl adjacent to an activating group) is 1. The highest BCUT2D eigenvalue weighted by atomic mass is 16.5. The molecule has 0 amide bonds. The van der Waals surface area contributed by atoms with Gasteiger partial charge in [0.25, 0.3) is 0 Å². The first-order valence-electron chi connectivity index (χ1n) is 12.6.